The van der Waals surface area contributed by atoms with Gasteiger partial charge in [-0.15, -0.1) is 11.3 Å². The minimum atomic E-state index is -4.55. The Morgan fingerprint density at radius 1 is 1.24 bits per heavy atom. The molecule has 4 rings (SSSR count). The molecule has 0 bridgehead atoms. The number of benzene rings is 1. The van der Waals surface area contributed by atoms with E-state index in [4.69, 9.17) is 0 Å². The number of nitrogens with zero attached hydrogens (tertiary/aromatic N) is 3. The number of hydrogen-bond donors (Lipinski definition) is 2. The predicted octanol–water partition coefficient (Wildman–Crippen LogP) is 6.58. The second kappa shape index (κ2) is 8.83. The molecule has 0 saturated heterocycles. The van der Waals surface area contributed by atoms with E-state index in [0.717, 1.165) is 38.8 Å². The van der Waals surface area contributed by atoms with Crippen molar-refractivity contribution in [3.8, 4) is 10.4 Å². The van der Waals surface area contributed by atoms with Gasteiger partial charge in [0, 0.05) is 18.1 Å². The van der Waals surface area contributed by atoms with Crippen LogP contribution >= 0.6 is 11.3 Å². The van der Waals surface area contributed by atoms with E-state index in [9.17, 15) is 23.1 Å². The fraction of sp³-hybridized carbons (Fsp3) is 0.333. The maximum Gasteiger partial charge on any atom is 0.433 e. The van der Waals surface area contributed by atoms with Crippen LogP contribution in [-0.4, -0.2) is 26.0 Å². The summed E-state index contributed by atoms with van der Waals surface area (Å²) in [6.07, 6.45) is 1.31. The van der Waals surface area contributed by atoms with Crippen LogP contribution in [0.25, 0.3) is 16.0 Å². The second-order valence-electron chi connectivity index (χ2n) is 9.03. The van der Waals surface area contributed by atoms with E-state index in [1.807, 2.05) is 39.0 Å². The summed E-state index contributed by atoms with van der Waals surface area (Å²) in [5, 5.41) is 13.2. The number of halogens is 3. The first-order valence-corrected chi connectivity index (χ1v) is 11.4. The number of anilines is 2. The lowest BCUT2D eigenvalue weighted by molar-refractivity contribution is -0.146. The van der Waals surface area contributed by atoms with E-state index in [0.29, 0.717) is 18.5 Å². The molecule has 0 fully saturated rings. The summed E-state index contributed by atoms with van der Waals surface area (Å²) in [6.45, 7) is 5.81. The number of hydrogen-bond acceptors (Lipinski definition) is 6. The highest BCUT2D eigenvalue weighted by Crippen LogP contribution is 2.45. The topological polar surface area (TPSA) is 88.0 Å². The minimum absolute atomic E-state index is 0.140. The Balaban J connectivity index is 1.59. The molecule has 1 atom stereocenters. The first kappa shape index (κ1) is 23.9. The highest BCUT2D eigenvalue weighted by molar-refractivity contribution is 7.16. The van der Waals surface area contributed by atoms with Crippen molar-refractivity contribution in [1.82, 2.24) is 15.0 Å². The van der Waals surface area contributed by atoms with Gasteiger partial charge in [-0.25, -0.2) is 15.0 Å². The molecule has 2 N–H and O–H groups in total. The smallest absolute Gasteiger partial charge is 0.433 e. The molecule has 0 radical (unpaired) electrons. The van der Waals surface area contributed by atoms with Crippen LogP contribution in [0.1, 0.15) is 43.0 Å². The lowest BCUT2D eigenvalue weighted by Gasteiger charge is -2.35. The van der Waals surface area contributed by atoms with Gasteiger partial charge in [0.25, 0.3) is 0 Å². The van der Waals surface area contributed by atoms with Crippen molar-refractivity contribution in [2.75, 3.05) is 5.32 Å². The highest BCUT2D eigenvalue weighted by Gasteiger charge is 2.38. The van der Waals surface area contributed by atoms with Gasteiger partial charge in [0.2, 0.25) is 5.95 Å². The van der Waals surface area contributed by atoms with Gasteiger partial charge in [0.15, 0.2) is 0 Å². The number of rotatable bonds is 5. The van der Waals surface area contributed by atoms with Gasteiger partial charge in [-0.3, -0.25) is 4.79 Å². The van der Waals surface area contributed by atoms with Gasteiger partial charge >= 0.3 is 12.1 Å². The molecule has 1 aliphatic carbocycles. The Labute approximate surface area is 198 Å². The van der Waals surface area contributed by atoms with Crippen LogP contribution in [0, 0.1) is 18.3 Å². The molecule has 1 aromatic carbocycles. The Morgan fingerprint density at radius 3 is 2.68 bits per heavy atom. The van der Waals surface area contributed by atoms with Crippen LogP contribution in [0.5, 0.6) is 0 Å². The molecule has 0 amide bonds. The van der Waals surface area contributed by atoms with Crippen molar-refractivity contribution in [2.45, 2.75) is 39.8 Å². The number of thiazole rings is 1. The fourth-order valence-electron chi connectivity index (χ4n) is 4.12. The summed E-state index contributed by atoms with van der Waals surface area (Å²) in [5.41, 5.74) is 1.96. The van der Waals surface area contributed by atoms with Crippen molar-refractivity contribution >= 4 is 34.5 Å². The lowest BCUT2D eigenvalue weighted by Crippen LogP contribution is -2.33. The normalized spacial score (nSPS) is 17.8. The fourth-order valence-corrected chi connectivity index (χ4v) is 5.06. The summed E-state index contributed by atoms with van der Waals surface area (Å²) in [4.78, 5) is 24.5. The average molecular weight is 489 g/mol. The lowest BCUT2D eigenvalue weighted by atomic mass is 9.69. The molecule has 6 nitrogen and oxygen atoms in total. The molecule has 34 heavy (non-hydrogen) atoms. The first-order valence-electron chi connectivity index (χ1n) is 10.6. The molecule has 0 saturated carbocycles. The maximum atomic E-state index is 13.0. The number of carboxylic acids is 1. The second-order valence-corrected chi connectivity index (χ2v) is 10.1. The van der Waals surface area contributed by atoms with Crippen molar-refractivity contribution in [2.24, 2.45) is 11.3 Å². The standard InChI is InChI=1S/C24H23F3N4O2S/c1-13-8-15(10-16(9-13)30-22-28-7-6-19(31-22)24(25,26)27)18-12-29-20(34-18)14-4-5-17(21(32)33)23(2,3)11-14/h4,6-10,12,17H,5,11H2,1-3H3,(H,32,33)(H,28,30,31). The summed E-state index contributed by atoms with van der Waals surface area (Å²) in [7, 11) is 0. The van der Waals surface area contributed by atoms with Crippen molar-refractivity contribution < 1.29 is 23.1 Å². The van der Waals surface area contributed by atoms with Crippen molar-refractivity contribution in [3.63, 3.8) is 0 Å². The van der Waals surface area contributed by atoms with Gasteiger partial charge in [0.1, 0.15) is 10.7 Å². The van der Waals surface area contributed by atoms with Crippen LogP contribution in [-0.2, 0) is 11.0 Å². The molecule has 178 valence electrons. The Bertz CT molecular complexity index is 1270. The van der Waals surface area contributed by atoms with Crippen LogP contribution in [0.4, 0.5) is 24.8 Å². The van der Waals surface area contributed by atoms with E-state index < -0.39 is 23.8 Å². The molecule has 0 spiro atoms. The third-order valence-corrected chi connectivity index (χ3v) is 6.95. The number of carboxylic acid groups (broad SMARTS) is 1. The van der Waals surface area contributed by atoms with Crippen molar-refractivity contribution in [3.05, 3.63) is 59.0 Å². The SMILES string of the molecule is Cc1cc(Nc2nccc(C(F)(F)F)n2)cc(-c2cnc(C3=CCC(C(=O)O)C(C)(C)C3)s2)c1. The predicted molar refractivity (Wildman–Crippen MR) is 125 cm³/mol. The maximum absolute atomic E-state index is 13.0. The number of aromatic nitrogens is 3. The van der Waals surface area contributed by atoms with E-state index in [1.54, 1.807) is 12.3 Å². The number of alkyl halides is 3. The van der Waals surface area contributed by atoms with Gasteiger partial charge in [-0.05, 0) is 60.1 Å². The highest BCUT2D eigenvalue weighted by atomic mass is 32.1. The Hall–Kier alpha value is -3.27. The third kappa shape index (κ3) is 5.11. The number of allylic oxidation sites excluding steroid dienone is 2. The Morgan fingerprint density at radius 2 is 2.00 bits per heavy atom. The molecule has 2 heterocycles. The van der Waals surface area contributed by atoms with Crippen molar-refractivity contribution in [1.29, 1.82) is 0 Å². The summed E-state index contributed by atoms with van der Waals surface area (Å²) >= 11 is 1.50. The van der Waals surface area contributed by atoms with Gasteiger partial charge in [-0.1, -0.05) is 26.0 Å². The molecule has 2 aromatic heterocycles. The molecule has 1 aliphatic rings. The summed E-state index contributed by atoms with van der Waals surface area (Å²) < 4.78 is 38.9. The molecule has 10 heteroatoms. The Kier molecular flexibility index (Phi) is 6.20. The number of aryl methyl sites for hydroxylation is 1. The third-order valence-electron chi connectivity index (χ3n) is 5.83. The number of aliphatic carboxylic acids is 1. The van der Waals surface area contributed by atoms with Crippen LogP contribution < -0.4 is 5.32 Å². The molecular weight excluding hydrogens is 465 g/mol. The molecule has 1 unspecified atom stereocenters. The van der Waals surface area contributed by atoms with Gasteiger partial charge in [0.05, 0.1) is 10.8 Å². The monoisotopic (exact) mass is 488 g/mol. The molecular formula is C24H23F3N4O2S. The average Bonchev–Trinajstić information content (AvgIpc) is 3.22. The quantitative estimate of drug-likeness (QED) is 0.422. The summed E-state index contributed by atoms with van der Waals surface area (Å²) in [6, 6.07) is 6.40. The molecule has 0 aliphatic heterocycles. The first-order chi connectivity index (χ1) is 15.9. The van der Waals surface area contributed by atoms with E-state index in [-0.39, 0.29) is 11.4 Å². The minimum Gasteiger partial charge on any atom is -0.481 e. The van der Waals surface area contributed by atoms with E-state index in [1.165, 1.54) is 11.3 Å². The zero-order chi connectivity index (χ0) is 24.7. The number of nitrogens with one attached hydrogen (secondary N) is 1. The molecule has 3 aromatic rings. The van der Waals surface area contributed by atoms with E-state index in [2.05, 4.69) is 20.3 Å². The van der Waals surface area contributed by atoms with Crippen LogP contribution in [0.15, 0.2) is 42.7 Å². The zero-order valence-corrected chi connectivity index (χ0v) is 19.6. The largest absolute Gasteiger partial charge is 0.481 e. The summed E-state index contributed by atoms with van der Waals surface area (Å²) in [5.74, 6) is -1.36. The number of carbonyl (C=O) groups is 1. The zero-order valence-electron chi connectivity index (χ0n) is 18.8. The van der Waals surface area contributed by atoms with Crippen LogP contribution in [0.2, 0.25) is 0 Å². The van der Waals surface area contributed by atoms with Crippen LogP contribution in [0.3, 0.4) is 0 Å². The van der Waals surface area contributed by atoms with Gasteiger partial charge in [-0.2, -0.15) is 13.2 Å². The van der Waals surface area contributed by atoms with E-state index >= 15 is 0 Å². The van der Waals surface area contributed by atoms with Gasteiger partial charge < -0.3 is 10.4 Å².